The summed E-state index contributed by atoms with van der Waals surface area (Å²) in [4.78, 5) is 6.97. The summed E-state index contributed by atoms with van der Waals surface area (Å²) < 4.78 is 1.75. The highest BCUT2D eigenvalue weighted by Crippen LogP contribution is 2.30. The molecule has 0 radical (unpaired) electrons. The lowest BCUT2D eigenvalue weighted by Crippen LogP contribution is -2.32. The van der Waals surface area contributed by atoms with Crippen LogP contribution in [0.4, 0.5) is 17.2 Å². The zero-order chi connectivity index (χ0) is 20.0. The molecule has 5 rings (SSSR count). The second-order valence-corrected chi connectivity index (χ2v) is 7.69. The van der Waals surface area contributed by atoms with E-state index in [0.717, 1.165) is 59.2 Å². The van der Waals surface area contributed by atoms with Crippen molar-refractivity contribution in [1.29, 1.82) is 0 Å². The van der Waals surface area contributed by atoms with Gasteiger partial charge in [-0.3, -0.25) is 4.98 Å². The van der Waals surface area contributed by atoms with Crippen LogP contribution in [0, 0.1) is 13.8 Å². The molecule has 146 valence electrons. The van der Waals surface area contributed by atoms with Crippen LogP contribution in [0.2, 0.25) is 5.02 Å². The summed E-state index contributed by atoms with van der Waals surface area (Å²) in [5.41, 5.74) is 7.15. The molecule has 0 bridgehead atoms. The SMILES string of the molecule is Cc1c(N2CCc3ncc(Nc4ccccc4Cl)cc3C2)nn2cnnc2c1C. The van der Waals surface area contributed by atoms with Gasteiger partial charge in [-0.05, 0) is 37.6 Å². The van der Waals surface area contributed by atoms with Crippen molar-refractivity contribution in [2.45, 2.75) is 26.8 Å². The van der Waals surface area contributed by atoms with Crippen LogP contribution >= 0.6 is 11.6 Å². The average Bonchev–Trinajstić information content (AvgIpc) is 3.21. The number of nitrogens with zero attached hydrogens (tertiary/aromatic N) is 6. The largest absolute Gasteiger partial charge is 0.353 e. The lowest BCUT2D eigenvalue weighted by Gasteiger charge is -2.30. The molecule has 3 aromatic heterocycles. The maximum Gasteiger partial charge on any atom is 0.180 e. The van der Waals surface area contributed by atoms with Gasteiger partial charge in [0, 0.05) is 36.3 Å². The molecule has 1 aliphatic rings. The number of fused-ring (bicyclic) bond motifs is 2. The minimum Gasteiger partial charge on any atom is -0.353 e. The molecular weight excluding hydrogens is 386 g/mol. The van der Waals surface area contributed by atoms with Crippen molar-refractivity contribution in [2.75, 3.05) is 16.8 Å². The molecule has 4 aromatic rings. The van der Waals surface area contributed by atoms with Crippen molar-refractivity contribution in [2.24, 2.45) is 0 Å². The van der Waals surface area contributed by atoms with Gasteiger partial charge >= 0.3 is 0 Å². The van der Waals surface area contributed by atoms with Crippen molar-refractivity contribution in [1.82, 2.24) is 24.8 Å². The Morgan fingerprint density at radius 3 is 2.86 bits per heavy atom. The Labute approximate surface area is 173 Å². The number of nitrogens with one attached hydrogen (secondary N) is 1. The van der Waals surface area contributed by atoms with Crippen molar-refractivity contribution in [3.63, 3.8) is 0 Å². The Balaban J connectivity index is 1.46. The van der Waals surface area contributed by atoms with E-state index in [-0.39, 0.29) is 0 Å². The third-order valence-electron chi connectivity index (χ3n) is 5.46. The Morgan fingerprint density at radius 1 is 1.14 bits per heavy atom. The number of aromatic nitrogens is 5. The Morgan fingerprint density at radius 2 is 2.00 bits per heavy atom. The van der Waals surface area contributed by atoms with Gasteiger partial charge in [-0.2, -0.15) is 4.52 Å². The molecular formula is C21H20ClN7. The number of para-hydroxylation sites is 1. The van der Waals surface area contributed by atoms with Gasteiger partial charge in [0.2, 0.25) is 0 Å². The van der Waals surface area contributed by atoms with Gasteiger partial charge < -0.3 is 10.2 Å². The summed E-state index contributed by atoms with van der Waals surface area (Å²) >= 11 is 6.28. The molecule has 0 spiro atoms. The van der Waals surface area contributed by atoms with E-state index in [1.165, 1.54) is 5.56 Å². The maximum absolute atomic E-state index is 6.28. The summed E-state index contributed by atoms with van der Waals surface area (Å²) in [6.07, 6.45) is 4.40. The molecule has 4 heterocycles. The molecule has 1 aromatic carbocycles. The van der Waals surface area contributed by atoms with E-state index in [4.69, 9.17) is 16.7 Å². The first-order chi connectivity index (χ1) is 14.1. The fraction of sp³-hybridized carbons (Fsp3) is 0.238. The predicted molar refractivity (Wildman–Crippen MR) is 114 cm³/mol. The van der Waals surface area contributed by atoms with Gasteiger partial charge in [-0.15, -0.1) is 15.3 Å². The number of aryl methyl sites for hydroxylation is 1. The Kier molecular flexibility index (Phi) is 4.32. The normalized spacial score (nSPS) is 13.6. The predicted octanol–water partition coefficient (Wildman–Crippen LogP) is 4.10. The van der Waals surface area contributed by atoms with Crippen molar-refractivity contribution in [3.05, 3.63) is 70.3 Å². The molecule has 8 heteroatoms. The smallest absolute Gasteiger partial charge is 0.180 e. The van der Waals surface area contributed by atoms with Gasteiger partial charge in [0.05, 0.1) is 22.6 Å². The highest BCUT2D eigenvalue weighted by atomic mass is 35.5. The van der Waals surface area contributed by atoms with Gasteiger partial charge in [0.1, 0.15) is 6.33 Å². The fourth-order valence-electron chi connectivity index (χ4n) is 3.76. The average molecular weight is 406 g/mol. The quantitative estimate of drug-likeness (QED) is 0.553. The second kappa shape index (κ2) is 7.00. The van der Waals surface area contributed by atoms with E-state index in [2.05, 4.69) is 45.3 Å². The van der Waals surface area contributed by atoms with Crippen molar-refractivity contribution < 1.29 is 0 Å². The number of hydrogen-bond donors (Lipinski definition) is 1. The van der Waals surface area contributed by atoms with Crippen LogP contribution in [0.5, 0.6) is 0 Å². The fourth-order valence-corrected chi connectivity index (χ4v) is 3.94. The van der Waals surface area contributed by atoms with E-state index >= 15 is 0 Å². The molecule has 7 nitrogen and oxygen atoms in total. The molecule has 0 amide bonds. The zero-order valence-corrected chi connectivity index (χ0v) is 17.0. The van der Waals surface area contributed by atoms with E-state index in [0.29, 0.717) is 5.02 Å². The van der Waals surface area contributed by atoms with Crippen LogP contribution in [-0.4, -0.2) is 31.3 Å². The molecule has 0 saturated heterocycles. The highest BCUT2D eigenvalue weighted by Gasteiger charge is 2.22. The number of hydrogen-bond acceptors (Lipinski definition) is 6. The first kappa shape index (κ1) is 17.9. The van der Waals surface area contributed by atoms with Crippen molar-refractivity contribution >= 4 is 34.4 Å². The number of anilines is 3. The molecule has 0 fully saturated rings. The summed E-state index contributed by atoms with van der Waals surface area (Å²) in [7, 11) is 0. The van der Waals surface area contributed by atoms with E-state index in [1.54, 1.807) is 10.8 Å². The molecule has 0 atom stereocenters. The molecule has 1 N–H and O–H groups in total. The molecule has 29 heavy (non-hydrogen) atoms. The van der Waals surface area contributed by atoms with Gasteiger partial charge in [-0.25, -0.2) is 0 Å². The second-order valence-electron chi connectivity index (χ2n) is 7.28. The summed E-state index contributed by atoms with van der Waals surface area (Å²) in [6.45, 7) is 5.78. The van der Waals surface area contributed by atoms with Crippen molar-refractivity contribution in [3.8, 4) is 0 Å². The lowest BCUT2D eigenvalue weighted by molar-refractivity contribution is 0.688. The standard InChI is InChI=1S/C21H20ClN7/c1-13-14(2)21(27-29-12-24-26-20(13)29)28-8-7-18-15(11-28)9-16(10-23-18)25-19-6-4-3-5-17(19)22/h3-6,9-10,12,25H,7-8,11H2,1-2H3. The maximum atomic E-state index is 6.28. The summed E-state index contributed by atoms with van der Waals surface area (Å²) in [5, 5.41) is 17.0. The van der Waals surface area contributed by atoms with Crippen LogP contribution < -0.4 is 10.2 Å². The summed E-state index contributed by atoms with van der Waals surface area (Å²) in [6, 6.07) is 9.85. The molecule has 0 unspecified atom stereocenters. The Bertz CT molecular complexity index is 1220. The third kappa shape index (κ3) is 3.17. The zero-order valence-electron chi connectivity index (χ0n) is 16.2. The van der Waals surface area contributed by atoms with Crippen LogP contribution in [0.3, 0.4) is 0 Å². The number of rotatable bonds is 3. The van der Waals surface area contributed by atoms with Crippen LogP contribution in [0.15, 0.2) is 42.9 Å². The van der Waals surface area contributed by atoms with E-state index < -0.39 is 0 Å². The van der Waals surface area contributed by atoms with Crippen LogP contribution in [-0.2, 0) is 13.0 Å². The van der Waals surface area contributed by atoms with Gasteiger partial charge in [0.15, 0.2) is 11.5 Å². The number of halogens is 1. The number of pyridine rings is 1. The topological polar surface area (TPSA) is 71.2 Å². The third-order valence-corrected chi connectivity index (χ3v) is 5.79. The van der Waals surface area contributed by atoms with Gasteiger partial charge in [0.25, 0.3) is 0 Å². The van der Waals surface area contributed by atoms with Gasteiger partial charge in [-0.1, -0.05) is 23.7 Å². The highest BCUT2D eigenvalue weighted by molar-refractivity contribution is 6.33. The molecule has 0 aliphatic carbocycles. The first-order valence-electron chi connectivity index (χ1n) is 9.51. The lowest BCUT2D eigenvalue weighted by atomic mass is 10.0. The number of benzene rings is 1. The van der Waals surface area contributed by atoms with E-state index in [9.17, 15) is 0 Å². The Hall–Kier alpha value is -3.19. The monoisotopic (exact) mass is 405 g/mol. The first-order valence-corrected chi connectivity index (χ1v) is 9.89. The molecule has 1 aliphatic heterocycles. The van der Waals surface area contributed by atoms with Crippen LogP contribution in [0.25, 0.3) is 5.65 Å². The van der Waals surface area contributed by atoms with Crippen LogP contribution in [0.1, 0.15) is 22.4 Å². The minimum atomic E-state index is 0.685. The van der Waals surface area contributed by atoms with E-state index in [1.807, 2.05) is 30.5 Å². The summed E-state index contributed by atoms with van der Waals surface area (Å²) in [5.74, 6) is 0.963. The minimum absolute atomic E-state index is 0.685. The molecule has 0 saturated carbocycles.